The van der Waals surface area contributed by atoms with Crippen molar-refractivity contribution in [3.05, 3.63) is 23.8 Å². The van der Waals surface area contributed by atoms with Gasteiger partial charge in [0, 0.05) is 11.3 Å². The van der Waals surface area contributed by atoms with Crippen LogP contribution in [0.15, 0.2) is 18.2 Å². The summed E-state index contributed by atoms with van der Waals surface area (Å²) in [6, 6.07) is 5.04. The maximum atomic E-state index is 11.6. The molecule has 1 rings (SSSR count). The van der Waals surface area contributed by atoms with Gasteiger partial charge in [0.25, 0.3) is 0 Å². The number of amides is 1. The van der Waals surface area contributed by atoms with Crippen molar-refractivity contribution >= 4 is 11.8 Å². The number of carbonyl (C=O) groups excluding carboxylic acids is 1. The van der Waals surface area contributed by atoms with Crippen LogP contribution in [0.3, 0.4) is 0 Å². The van der Waals surface area contributed by atoms with Crippen LogP contribution in [0.4, 0.5) is 10.5 Å². The summed E-state index contributed by atoms with van der Waals surface area (Å²) in [6.07, 6.45) is -1.22. The molecule has 1 amide bonds. The van der Waals surface area contributed by atoms with Gasteiger partial charge in [0.05, 0.1) is 13.2 Å². The van der Waals surface area contributed by atoms with Crippen molar-refractivity contribution in [1.29, 1.82) is 0 Å². The Hall–Kier alpha value is -1.75. The average molecular weight is 267 g/mol. The van der Waals surface area contributed by atoms with E-state index in [4.69, 9.17) is 9.47 Å². The number of anilines is 1. The van der Waals surface area contributed by atoms with Crippen molar-refractivity contribution in [2.45, 2.75) is 39.4 Å². The molecule has 1 atom stereocenters. The molecule has 0 unspecified atom stereocenters. The van der Waals surface area contributed by atoms with E-state index >= 15 is 0 Å². The SMILES string of the molecule is COc1ccc(NC(=O)OC(C)(C)C)cc1[C@H](C)O. The first-order chi connectivity index (χ1) is 8.73. The molecule has 2 N–H and O–H groups in total. The molecule has 0 radical (unpaired) electrons. The van der Waals surface area contributed by atoms with E-state index in [-0.39, 0.29) is 0 Å². The summed E-state index contributed by atoms with van der Waals surface area (Å²) in [5.74, 6) is 0.574. The van der Waals surface area contributed by atoms with Gasteiger partial charge in [0.2, 0.25) is 0 Å². The second-order valence-electron chi connectivity index (χ2n) is 5.26. The molecule has 0 heterocycles. The zero-order chi connectivity index (χ0) is 14.6. The van der Waals surface area contributed by atoms with E-state index in [2.05, 4.69) is 5.32 Å². The van der Waals surface area contributed by atoms with Gasteiger partial charge in [-0.2, -0.15) is 0 Å². The van der Waals surface area contributed by atoms with Crippen LogP contribution in [-0.2, 0) is 4.74 Å². The fraction of sp³-hybridized carbons (Fsp3) is 0.500. The number of aliphatic hydroxyl groups excluding tert-OH is 1. The number of methoxy groups -OCH3 is 1. The summed E-state index contributed by atoms with van der Waals surface area (Å²) in [4.78, 5) is 11.6. The zero-order valence-corrected chi connectivity index (χ0v) is 12.0. The minimum atomic E-state index is -0.685. The van der Waals surface area contributed by atoms with Crippen molar-refractivity contribution in [2.75, 3.05) is 12.4 Å². The molecular formula is C14H21NO4. The van der Waals surface area contributed by atoms with Gasteiger partial charge < -0.3 is 14.6 Å². The quantitative estimate of drug-likeness (QED) is 0.883. The number of nitrogens with one attached hydrogen (secondary N) is 1. The molecule has 0 spiro atoms. The van der Waals surface area contributed by atoms with Gasteiger partial charge in [-0.05, 0) is 45.9 Å². The molecule has 0 aliphatic carbocycles. The van der Waals surface area contributed by atoms with Gasteiger partial charge in [-0.15, -0.1) is 0 Å². The largest absolute Gasteiger partial charge is 0.496 e. The summed E-state index contributed by atoms with van der Waals surface area (Å²) >= 11 is 0. The highest BCUT2D eigenvalue weighted by atomic mass is 16.6. The van der Waals surface area contributed by atoms with E-state index in [1.165, 1.54) is 7.11 Å². The van der Waals surface area contributed by atoms with Crippen LogP contribution in [-0.4, -0.2) is 23.9 Å². The first-order valence-corrected chi connectivity index (χ1v) is 6.09. The highest BCUT2D eigenvalue weighted by molar-refractivity contribution is 5.85. The number of aliphatic hydroxyl groups is 1. The number of hydrogen-bond acceptors (Lipinski definition) is 4. The Morgan fingerprint density at radius 1 is 1.37 bits per heavy atom. The van der Waals surface area contributed by atoms with Gasteiger partial charge >= 0.3 is 6.09 Å². The molecule has 1 aromatic carbocycles. The molecule has 0 saturated carbocycles. The molecule has 0 bridgehead atoms. The zero-order valence-electron chi connectivity index (χ0n) is 12.0. The number of rotatable bonds is 3. The van der Waals surface area contributed by atoms with Crippen LogP contribution >= 0.6 is 0 Å². The van der Waals surface area contributed by atoms with Crippen LogP contribution in [0, 0.1) is 0 Å². The van der Waals surface area contributed by atoms with Crippen LogP contribution in [0.2, 0.25) is 0 Å². The molecule has 0 aromatic heterocycles. The molecule has 5 heteroatoms. The van der Waals surface area contributed by atoms with Gasteiger partial charge in [-0.3, -0.25) is 5.32 Å². The van der Waals surface area contributed by atoms with E-state index in [9.17, 15) is 9.90 Å². The molecule has 0 saturated heterocycles. The van der Waals surface area contributed by atoms with Gasteiger partial charge in [-0.25, -0.2) is 4.79 Å². The lowest BCUT2D eigenvalue weighted by molar-refractivity contribution is 0.0636. The minimum Gasteiger partial charge on any atom is -0.496 e. The number of carbonyl (C=O) groups is 1. The van der Waals surface area contributed by atoms with Crippen LogP contribution in [0.5, 0.6) is 5.75 Å². The van der Waals surface area contributed by atoms with E-state index in [0.29, 0.717) is 17.0 Å². The van der Waals surface area contributed by atoms with Crippen molar-refractivity contribution in [3.8, 4) is 5.75 Å². The number of benzene rings is 1. The lowest BCUT2D eigenvalue weighted by Crippen LogP contribution is -2.27. The lowest BCUT2D eigenvalue weighted by Gasteiger charge is -2.20. The van der Waals surface area contributed by atoms with Crippen molar-refractivity contribution in [3.63, 3.8) is 0 Å². The van der Waals surface area contributed by atoms with Gasteiger partial charge in [-0.1, -0.05) is 0 Å². The maximum Gasteiger partial charge on any atom is 0.412 e. The Morgan fingerprint density at radius 2 is 2.00 bits per heavy atom. The molecule has 1 aromatic rings. The summed E-state index contributed by atoms with van der Waals surface area (Å²) in [5, 5.41) is 12.3. The fourth-order valence-electron chi connectivity index (χ4n) is 1.56. The Kier molecular flexibility index (Phi) is 4.78. The Labute approximate surface area is 113 Å². The normalized spacial score (nSPS) is 12.7. The molecule has 19 heavy (non-hydrogen) atoms. The number of ether oxygens (including phenoxy) is 2. The average Bonchev–Trinajstić information content (AvgIpc) is 2.26. The lowest BCUT2D eigenvalue weighted by atomic mass is 10.1. The second-order valence-corrected chi connectivity index (χ2v) is 5.26. The standard InChI is InChI=1S/C14H21NO4/c1-9(16)11-8-10(6-7-12(11)18-5)15-13(17)19-14(2,3)4/h6-9,16H,1-5H3,(H,15,17)/t9-/m0/s1. The van der Waals surface area contributed by atoms with Crippen LogP contribution in [0.25, 0.3) is 0 Å². The minimum absolute atomic E-state index is 0.533. The van der Waals surface area contributed by atoms with Crippen molar-refractivity contribution in [1.82, 2.24) is 0 Å². The third-order valence-electron chi connectivity index (χ3n) is 2.33. The van der Waals surface area contributed by atoms with Gasteiger partial charge in [0.1, 0.15) is 11.4 Å². The highest BCUT2D eigenvalue weighted by Crippen LogP contribution is 2.28. The summed E-state index contributed by atoms with van der Waals surface area (Å²) < 4.78 is 10.3. The molecular weight excluding hydrogens is 246 g/mol. The highest BCUT2D eigenvalue weighted by Gasteiger charge is 2.17. The topological polar surface area (TPSA) is 67.8 Å². The summed E-state index contributed by atoms with van der Waals surface area (Å²) in [5.41, 5.74) is 0.603. The van der Waals surface area contributed by atoms with E-state index in [1.807, 2.05) is 0 Å². The predicted octanol–water partition coefficient (Wildman–Crippen LogP) is 3.10. The van der Waals surface area contributed by atoms with Crippen LogP contribution < -0.4 is 10.1 Å². The van der Waals surface area contributed by atoms with Crippen LogP contribution in [0.1, 0.15) is 39.4 Å². The predicted molar refractivity (Wildman–Crippen MR) is 73.5 cm³/mol. The number of hydrogen-bond donors (Lipinski definition) is 2. The van der Waals surface area contributed by atoms with Gasteiger partial charge in [0.15, 0.2) is 0 Å². The Balaban J connectivity index is 2.85. The first-order valence-electron chi connectivity index (χ1n) is 6.09. The first kappa shape index (κ1) is 15.3. The van der Waals surface area contributed by atoms with Crippen molar-refractivity contribution in [2.24, 2.45) is 0 Å². The molecule has 0 aliphatic heterocycles. The van der Waals surface area contributed by atoms with Crippen molar-refractivity contribution < 1.29 is 19.4 Å². The Morgan fingerprint density at radius 3 is 2.47 bits per heavy atom. The monoisotopic (exact) mass is 267 g/mol. The molecule has 5 nitrogen and oxygen atoms in total. The third-order valence-corrected chi connectivity index (χ3v) is 2.33. The van der Waals surface area contributed by atoms with E-state index in [1.54, 1.807) is 45.9 Å². The van der Waals surface area contributed by atoms with E-state index in [0.717, 1.165) is 0 Å². The molecule has 0 fully saturated rings. The summed E-state index contributed by atoms with van der Waals surface area (Å²) in [6.45, 7) is 7.01. The third kappa shape index (κ3) is 4.79. The second kappa shape index (κ2) is 5.93. The Bertz CT molecular complexity index is 449. The molecule has 106 valence electrons. The van der Waals surface area contributed by atoms with E-state index < -0.39 is 17.8 Å². The maximum absolute atomic E-state index is 11.6. The molecule has 0 aliphatic rings. The summed E-state index contributed by atoms with van der Waals surface area (Å²) in [7, 11) is 1.53. The smallest absolute Gasteiger partial charge is 0.412 e. The fourth-order valence-corrected chi connectivity index (χ4v) is 1.56.